The average molecular weight is 530 g/mol. The predicted octanol–water partition coefficient (Wildman–Crippen LogP) is 6.15. The number of carbonyl (C=O) groups excluding carboxylic acids is 3. The van der Waals surface area contributed by atoms with Gasteiger partial charge in [-0.05, 0) is 53.6 Å². The summed E-state index contributed by atoms with van der Waals surface area (Å²) in [5.41, 5.74) is 1.72. The average Bonchev–Trinajstić information content (AvgIpc) is 3.43. The number of anilines is 1. The Labute approximate surface area is 230 Å². The Morgan fingerprint density at radius 3 is 2.23 bits per heavy atom. The minimum Gasteiger partial charge on any atom is -0.497 e. The van der Waals surface area contributed by atoms with Crippen molar-refractivity contribution in [3.05, 3.63) is 137 Å². The fourth-order valence-corrected chi connectivity index (χ4v) is 6.91. The van der Waals surface area contributed by atoms with Gasteiger partial charge in [0.15, 0.2) is 17.3 Å². The molecule has 2 heterocycles. The fraction of sp³-hybridized carbons (Fsp3) is 0.147. The minimum atomic E-state index is -1.60. The van der Waals surface area contributed by atoms with Crippen LogP contribution in [0.4, 0.5) is 10.1 Å². The van der Waals surface area contributed by atoms with E-state index in [1.165, 1.54) is 24.3 Å². The lowest BCUT2D eigenvalue weighted by molar-refractivity contribution is 0.0665. The summed E-state index contributed by atoms with van der Waals surface area (Å²) in [7, 11) is 1.55. The fourth-order valence-electron chi connectivity index (χ4n) is 6.91. The lowest BCUT2D eigenvalue weighted by atomic mass is 9.64. The topological polar surface area (TPSA) is 63.7 Å². The molecule has 4 aromatic carbocycles. The third-order valence-electron chi connectivity index (χ3n) is 8.56. The van der Waals surface area contributed by atoms with Crippen LogP contribution in [0.1, 0.15) is 48.1 Å². The second-order valence-corrected chi connectivity index (χ2v) is 10.4. The molecule has 6 heteroatoms. The van der Waals surface area contributed by atoms with E-state index in [-0.39, 0.29) is 17.3 Å². The van der Waals surface area contributed by atoms with E-state index in [1.54, 1.807) is 49.6 Å². The molecule has 1 aliphatic carbocycles. The van der Waals surface area contributed by atoms with Crippen molar-refractivity contribution in [2.24, 2.45) is 5.41 Å². The van der Waals surface area contributed by atoms with Gasteiger partial charge in [0.25, 0.3) is 0 Å². The zero-order valence-corrected chi connectivity index (χ0v) is 21.6. The van der Waals surface area contributed by atoms with Gasteiger partial charge in [-0.3, -0.25) is 14.4 Å². The van der Waals surface area contributed by atoms with Gasteiger partial charge in [0.05, 0.1) is 13.2 Å². The van der Waals surface area contributed by atoms with Crippen molar-refractivity contribution in [2.75, 3.05) is 12.0 Å². The lowest BCUT2D eigenvalue weighted by Crippen LogP contribution is -2.48. The van der Waals surface area contributed by atoms with Crippen molar-refractivity contribution in [1.29, 1.82) is 0 Å². The minimum absolute atomic E-state index is 0.295. The number of hydrogen-bond donors (Lipinski definition) is 0. The molecule has 3 atom stereocenters. The third-order valence-corrected chi connectivity index (χ3v) is 8.56. The van der Waals surface area contributed by atoms with Gasteiger partial charge >= 0.3 is 0 Å². The van der Waals surface area contributed by atoms with E-state index in [2.05, 4.69) is 0 Å². The molecule has 196 valence electrons. The number of hydrogen-bond acceptors (Lipinski definition) is 5. The van der Waals surface area contributed by atoms with Crippen molar-refractivity contribution in [3.63, 3.8) is 0 Å². The maximum atomic E-state index is 14.6. The number of halogens is 1. The van der Waals surface area contributed by atoms with Crippen LogP contribution in [0.15, 0.2) is 103 Å². The maximum Gasteiger partial charge on any atom is 0.185 e. The summed E-state index contributed by atoms with van der Waals surface area (Å²) in [5, 5.41) is 0. The van der Waals surface area contributed by atoms with Crippen LogP contribution in [0.3, 0.4) is 0 Å². The van der Waals surface area contributed by atoms with Gasteiger partial charge in [-0.2, -0.15) is 0 Å². The Balaban J connectivity index is 1.55. The Morgan fingerprint density at radius 1 is 0.850 bits per heavy atom. The second kappa shape index (κ2) is 8.85. The molecule has 1 spiro atoms. The van der Waals surface area contributed by atoms with Gasteiger partial charge in [0.2, 0.25) is 0 Å². The highest BCUT2D eigenvalue weighted by Gasteiger charge is 2.71. The summed E-state index contributed by atoms with van der Waals surface area (Å²) in [6, 6.07) is 25.5. The molecule has 2 aliphatic heterocycles. The summed E-state index contributed by atoms with van der Waals surface area (Å²) in [4.78, 5) is 45.7. The van der Waals surface area contributed by atoms with Crippen LogP contribution in [-0.4, -0.2) is 36.5 Å². The number of ketones is 3. The molecular weight excluding hydrogens is 505 g/mol. The molecule has 0 bridgehead atoms. The highest BCUT2D eigenvalue weighted by molar-refractivity contribution is 6.32. The van der Waals surface area contributed by atoms with Crippen molar-refractivity contribution in [2.45, 2.75) is 18.0 Å². The van der Waals surface area contributed by atoms with Gasteiger partial charge in [-0.15, -0.1) is 0 Å². The molecule has 0 radical (unpaired) electrons. The first-order valence-corrected chi connectivity index (χ1v) is 13.1. The number of fused-ring (bicyclic) bond motifs is 5. The normalized spacial score (nSPS) is 21.8. The SMILES string of the molecule is COc1cccc([C@@H]2[C@H](C(=O)c3ccc(F)cc3)N3c4ccccc4C=C[C@H]3C23C(=O)c2ccccc2C3=O)c1. The predicted molar refractivity (Wildman–Crippen MR) is 150 cm³/mol. The zero-order chi connectivity index (χ0) is 27.6. The second-order valence-electron chi connectivity index (χ2n) is 10.4. The number of para-hydroxylation sites is 1. The van der Waals surface area contributed by atoms with Crippen LogP contribution in [-0.2, 0) is 0 Å². The van der Waals surface area contributed by atoms with Crippen molar-refractivity contribution >= 4 is 29.1 Å². The Bertz CT molecular complexity index is 1710. The summed E-state index contributed by atoms with van der Waals surface area (Å²) in [6.45, 7) is 0. The van der Waals surface area contributed by atoms with E-state index in [4.69, 9.17) is 4.74 Å². The molecular formula is C34H24FNO4. The Morgan fingerprint density at radius 2 is 1.52 bits per heavy atom. The number of Topliss-reactive ketones (excluding diaryl/α,β-unsaturated/α-hetero) is 3. The molecule has 0 N–H and O–H groups in total. The Hall–Kier alpha value is -4.84. The number of benzene rings is 4. The van der Waals surface area contributed by atoms with Gasteiger partial charge in [-0.25, -0.2) is 4.39 Å². The number of methoxy groups -OCH3 is 1. The van der Waals surface area contributed by atoms with Crippen LogP contribution in [0.2, 0.25) is 0 Å². The number of carbonyl (C=O) groups is 3. The summed E-state index contributed by atoms with van der Waals surface area (Å²) >= 11 is 0. The highest BCUT2D eigenvalue weighted by atomic mass is 19.1. The van der Waals surface area contributed by atoms with Gasteiger partial charge in [-0.1, -0.05) is 66.7 Å². The number of nitrogens with zero attached hydrogens (tertiary/aromatic N) is 1. The summed E-state index contributed by atoms with van der Waals surface area (Å²) in [6.07, 6.45) is 3.81. The molecule has 0 amide bonds. The van der Waals surface area contributed by atoms with Gasteiger partial charge < -0.3 is 9.64 Å². The molecule has 0 aromatic heterocycles. The number of rotatable bonds is 4. The van der Waals surface area contributed by atoms with E-state index >= 15 is 0 Å². The van der Waals surface area contributed by atoms with Gasteiger partial charge in [0.1, 0.15) is 23.0 Å². The van der Waals surface area contributed by atoms with E-state index in [1.807, 2.05) is 47.4 Å². The van der Waals surface area contributed by atoms with E-state index < -0.39 is 29.2 Å². The van der Waals surface area contributed by atoms with Crippen molar-refractivity contribution in [1.82, 2.24) is 0 Å². The quantitative estimate of drug-likeness (QED) is 0.234. The molecule has 40 heavy (non-hydrogen) atoms. The van der Waals surface area contributed by atoms with Crippen molar-refractivity contribution < 1.29 is 23.5 Å². The molecule has 4 aromatic rings. The first kappa shape index (κ1) is 24.2. The maximum absolute atomic E-state index is 14.6. The molecule has 7 rings (SSSR count). The highest BCUT2D eigenvalue weighted by Crippen LogP contribution is 2.61. The van der Waals surface area contributed by atoms with Crippen LogP contribution in [0.25, 0.3) is 6.08 Å². The third kappa shape index (κ3) is 3.16. The lowest BCUT2D eigenvalue weighted by Gasteiger charge is -2.37. The standard InChI is InChI=1S/C34H24FNO4/c1-40-24-9-6-8-22(19-24)29-30(31(37)21-13-16-23(35)17-14-21)36-27-12-5-2-7-20(27)15-18-28(36)34(29)32(38)25-10-3-4-11-26(25)33(34)39/h2-19,28-30H,1H3/t28-,29+,30+/m0/s1. The van der Waals surface area contributed by atoms with Crippen LogP contribution in [0.5, 0.6) is 5.75 Å². The molecule has 5 nitrogen and oxygen atoms in total. The van der Waals surface area contributed by atoms with Crippen molar-refractivity contribution in [3.8, 4) is 5.75 Å². The molecule has 3 aliphatic rings. The zero-order valence-electron chi connectivity index (χ0n) is 21.6. The first-order valence-electron chi connectivity index (χ1n) is 13.1. The van der Waals surface area contributed by atoms with Gasteiger partial charge in [0, 0.05) is 28.3 Å². The summed E-state index contributed by atoms with van der Waals surface area (Å²) in [5.74, 6) is -1.64. The monoisotopic (exact) mass is 529 g/mol. The summed E-state index contributed by atoms with van der Waals surface area (Å²) < 4.78 is 19.4. The first-order chi connectivity index (χ1) is 19.5. The Kier molecular flexibility index (Phi) is 5.36. The van der Waals surface area contributed by atoms with E-state index in [9.17, 15) is 18.8 Å². The smallest absolute Gasteiger partial charge is 0.185 e. The number of ether oxygens (including phenoxy) is 1. The molecule has 1 fully saturated rings. The largest absolute Gasteiger partial charge is 0.497 e. The molecule has 0 unspecified atom stereocenters. The van der Waals surface area contributed by atoms with Crippen LogP contribution >= 0.6 is 0 Å². The van der Waals surface area contributed by atoms with Crippen LogP contribution < -0.4 is 9.64 Å². The molecule has 0 saturated carbocycles. The van der Waals surface area contributed by atoms with E-state index in [0.29, 0.717) is 28.0 Å². The molecule has 1 saturated heterocycles. The van der Waals surface area contributed by atoms with Crippen LogP contribution in [0, 0.1) is 11.2 Å². The van der Waals surface area contributed by atoms with E-state index in [0.717, 1.165) is 11.3 Å².